The normalized spacial score (nSPS) is 18.4. The molecule has 0 rings (SSSR count). The van der Waals surface area contributed by atoms with E-state index in [2.05, 4.69) is 62.3 Å². The molecule has 0 amide bonds. The minimum atomic E-state index is -0.0720. The van der Waals surface area contributed by atoms with E-state index in [0.29, 0.717) is 22.7 Å². The molecule has 0 aromatic carbocycles. The smallest absolute Gasteiger partial charge is 0.00999 e. The van der Waals surface area contributed by atoms with Crippen LogP contribution >= 0.6 is 0 Å². The summed E-state index contributed by atoms with van der Waals surface area (Å²) in [6.45, 7) is 20.7. The molecule has 0 aliphatic carbocycles. The highest BCUT2D eigenvalue weighted by molar-refractivity contribution is 4.89. The molecule has 98 valence electrons. The number of hydrogen-bond acceptors (Lipinski definition) is 1. The topological polar surface area (TPSA) is 26.0 Å². The van der Waals surface area contributed by atoms with Crippen LogP contribution in [-0.4, -0.2) is 5.54 Å². The van der Waals surface area contributed by atoms with Crippen LogP contribution in [0.15, 0.2) is 0 Å². The van der Waals surface area contributed by atoms with Gasteiger partial charge in [-0.15, -0.1) is 0 Å². The summed E-state index contributed by atoms with van der Waals surface area (Å²) in [5, 5.41) is 0. The summed E-state index contributed by atoms with van der Waals surface area (Å²) in [5.74, 6) is 1.34. The van der Waals surface area contributed by atoms with Gasteiger partial charge >= 0.3 is 0 Å². The van der Waals surface area contributed by atoms with Crippen molar-refractivity contribution in [3.63, 3.8) is 0 Å². The van der Waals surface area contributed by atoms with Crippen LogP contribution < -0.4 is 5.73 Å². The average Bonchev–Trinajstić information content (AvgIpc) is 1.93. The maximum absolute atomic E-state index is 6.21. The zero-order valence-corrected chi connectivity index (χ0v) is 12.9. The molecule has 2 unspecified atom stereocenters. The second kappa shape index (κ2) is 4.68. The Morgan fingerprint density at radius 1 is 0.812 bits per heavy atom. The van der Waals surface area contributed by atoms with Gasteiger partial charge in [0.25, 0.3) is 0 Å². The summed E-state index contributed by atoms with van der Waals surface area (Å²) >= 11 is 0. The Morgan fingerprint density at radius 2 is 1.19 bits per heavy atom. The van der Waals surface area contributed by atoms with Gasteiger partial charge in [0.15, 0.2) is 0 Å². The van der Waals surface area contributed by atoms with Crippen molar-refractivity contribution in [2.45, 2.75) is 74.3 Å². The van der Waals surface area contributed by atoms with Crippen LogP contribution in [0.25, 0.3) is 0 Å². The van der Waals surface area contributed by atoms with Crippen molar-refractivity contribution in [2.24, 2.45) is 28.4 Å². The van der Waals surface area contributed by atoms with E-state index in [0.717, 1.165) is 6.42 Å². The van der Waals surface area contributed by atoms with E-state index in [4.69, 9.17) is 5.73 Å². The van der Waals surface area contributed by atoms with E-state index in [1.165, 1.54) is 0 Å². The molecule has 0 aromatic heterocycles. The maximum atomic E-state index is 6.21. The predicted molar refractivity (Wildman–Crippen MR) is 74.4 cm³/mol. The van der Waals surface area contributed by atoms with E-state index in [1.807, 2.05) is 0 Å². The lowest BCUT2D eigenvalue weighted by atomic mass is 9.62. The number of hydrogen-bond donors (Lipinski definition) is 1. The molecule has 2 atom stereocenters. The van der Waals surface area contributed by atoms with Crippen LogP contribution in [0.3, 0.4) is 0 Å². The molecule has 1 nitrogen and oxygen atoms in total. The molecule has 0 fully saturated rings. The van der Waals surface area contributed by atoms with Crippen LogP contribution in [0, 0.1) is 22.7 Å². The summed E-state index contributed by atoms with van der Waals surface area (Å²) < 4.78 is 0. The van der Waals surface area contributed by atoms with Crippen molar-refractivity contribution in [3.05, 3.63) is 0 Å². The quantitative estimate of drug-likeness (QED) is 0.757. The van der Waals surface area contributed by atoms with Gasteiger partial charge in [-0.05, 0) is 42.9 Å². The van der Waals surface area contributed by atoms with Crippen molar-refractivity contribution in [2.75, 3.05) is 0 Å². The monoisotopic (exact) mass is 227 g/mol. The lowest BCUT2D eigenvalue weighted by Crippen LogP contribution is -2.43. The zero-order valence-electron chi connectivity index (χ0n) is 12.9. The molecule has 0 aliphatic rings. The number of rotatable bonds is 3. The first-order valence-corrected chi connectivity index (χ1v) is 6.54. The first-order chi connectivity index (χ1) is 6.75. The Bertz CT molecular complexity index is 209. The molecule has 0 bridgehead atoms. The average molecular weight is 227 g/mol. The van der Waals surface area contributed by atoms with Gasteiger partial charge in [0.2, 0.25) is 0 Å². The fourth-order valence-corrected chi connectivity index (χ4v) is 2.40. The summed E-state index contributed by atoms with van der Waals surface area (Å²) in [4.78, 5) is 0. The van der Waals surface area contributed by atoms with Gasteiger partial charge in [0.05, 0.1) is 0 Å². The van der Waals surface area contributed by atoms with Crippen molar-refractivity contribution < 1.29 is 0 Å². The Balaban J connectivity index is 4.98. The molecule has 16 heavy (non-hydrogen) atoms. The maximum Gasteiger partial charge on any atom is 0.00999 e. The summed E-state index contributed by atoms with van der Waals surface area (Å²) in [7, 11) is 0. The Kier molecular flexibility index (Phi) is 4.67. The van der Waals surface area contributed by atoms with Crippen molar-refractivity contribution in [1.29, 1.82) is 0 Å². The van der Waals surface area contributed by atoms with Gasteiger partial charge in [-0.1, -0.05) is 48.5 Å². The molecule has 0 saturated heterocycles. The van der Waals surface area contributed by atoms with Gasteiger partial charge < -0.3 is 5.73 Å². The third-order valence-corrected chi connectivity index (χ3v) is 3.83. The first-order valence-electron chi connectivity index (χ1n) is 6.54. The Morgan fingerprint density at radius 3 is 1.38 bits per heavy atom. The largest absolute Gasteiger partial charge is 0.326 e. The highest BCUT2D eigenvalue weighted by Gasteiger charge is 2.37. The molecule has 2 N–H and O–H groups in total. The van der Waals surface area contributed by atoms with E-state index >= 15 is 0 Å². The predicted octanol–water partition coefficient (Wildman–Crippen LogP) is 4.46. The minimum absolute atomic E-state index is 0.0720. The van der Waals surface area contributed by atoms with E-state index in [-0.39, 0.29) is 5.54 Å². The Labute approximate surface area is 103 Å². The van der Waals surface area contributed by atoms with Crippen LogP contribution in [0.2, 0.25) is 0 Å². The minimum Gasteiger partial charge on any atom is -0.326 e. The van der Waals surface area contributed by atoms with Crippen LogP contribution in [-0.2, 0) is 0 Å². The SMILES string of the molecule is CC(C(CC(C)(C)N)C(C)(C)C)C(C)(C)C. The third kappa shape index (κ3) is 5.34. The van der Waals surface area contributed by atoms with E-state index < -0.39 is 0 Å². The van der Waals surface area contributed by atoms with E-state index in [1.54, 1.807) is 0 Å². The Hall–Kier alpha value is -0.0400. The van der Waals surface area contributed by atoms with Crippen molar-refractivity contribution >= 4 is 0 Å². The van der Waals surface area contributed by atoms with Gasteiger partial charge in [-0.25, -0.2) is 0 Å². The summed E-state index contributed by atoms with van der Waals surface area (Å²) in [6.07, 6.45) is 1.09. The lowest BCUT2D eigenvalue weighted by Gasteiger charge is -2.44. The van der Waals surface area contributed by atoms with Gasteiger partial charge in [-0.3, -0.25) is 0 Å². The van der Waals surface area contributed by atoms with Crippen molar-refractivity contribution in [3.8, 4) is 0 Å². The molecule has 0 saturated carbocycles. The third-order valence-electron chi connectivity index (χ3n) is 3.83. The molecule has 0 aliphatic heterocycles. The molecular weight excluding hydrogens is 194 g/mol. The molecule has 0 heterocycles. The fourth-order valence-electron chi connectivity index (χ4n) is 2.40. The highest BCUT2D eigenvalue weighted by Crippen LogP contribution is 2.44. The zero-order chi connectivity index (χ0) is 13.4. The molecule has 0 spiro atoms. The van der Waals surface area contributed by atoms with Crippen molar-refractivity contribution in [1.82, 2.24) is 0 Å². The second-order valence-electron chi connectivity index (χ2n) is 8.32. The molecular formula is C15H33N. The fraction of sp³-hybridized carbons (Fsp3) is 1.00. The molecule has 0 radical (unpaired) electrons. The van der Waals surface area contributed by atoms with Gasteiger partial charge in [0.1, 0.15) is 0 Å². The van der Waals surface area contributed by atoms with Crippen LogP contribution in [0.4, 0.5) is 0 Å². The standard InChI is InChI=1S/C15H33N/c1-11(13(2,3)4)12(14(5,6)7)10-15(8,9)16/h11-12H,10,16H2,1-9H3. The van der Waals surface area contributed by atoms with Crippen LogP contribution in [0.1, 0.15) is 68.7 Å². The summed E-state index contributed by atoms with van der Waals surface area (Å²) in [5.41, 5.74) is 6.82. The highest BCUT2D eigenvalue weighted by atomic mass is 14.7. The van der Waals surface area contributed by atoms with Gasteiger partial charge in [-0.2, -0.15) is 0 Å². The van der Waals surface area contributed by atoms with Gasteiger partial charge in [0, 0.05) is 5.54 Å². The lowest BCUT2D eigenvalue weighted by molar-refractivity contribution is 0.0622. The van der Waals surface area contributed by atoms with Crippen LogP contribution in [0.5, 0.6) is 0 Å². The molecule has 1 heteroatoms. The van der Waals surface area contributed by atoms with E-state index in [9.17, 15) is 0 Å². The summed E-state index contributed by atoms with van der Waals surface area (Å²) in [6, 6.07) is 0. The first kappa shape index (κ1) is 16.0. The second-order valence-corrected chi connectivity index (χ2v) is 8.32. The number of nitrogens with two attached hydrogens (primary N) is 1. The molecule has 0 aromatic rings.